The van der Waals surface area contributed by atoms with E-state index >= 15 is 0 Å². The van der Waals surface area contributed by atoms with Gasteiger partial charge in [-0.05, 0) is 55.2 Å². The van der Waals surface area contributed by atoms with E-state index in [0.717, 1.165) is 18.4 Å². The SMILES string of the molecule is Cc1ccc(NC(=O)C2(c3cccc(F)c3)CCCC2)c(F)c1. The molecule has 0 unspecified atom stereocenters. The third-order valence-corrected chi connectivity index (χ3v) is 4.64. The number of carbonyl (C=O) groups is 1. The van der Waals surface area contributed by atoms with Crippen molar-refractivity contribution >= 4 is 11.6 Å². The molecule has 0 spiro atoms. The van der Waals surface area contributed by atoms with Crippen LogP contribution < -0.4 is 5.32 Å². The molecule has 1 aliphatic carbocycles. The van der Waals surface area contributed by atoms with Crippen LogP contribution in [0.3, 0.4) is 0 Å². The van der Waals surface area contributed by atoms with Crippen LogP contribution in [0.2, 0.25) is 0 Å². The number of amides is 1. The first-order valence-corrected chi connectivity index (χ1v) is 7.85. The molecule has 1 N–H and O–H groups in total. The van der Waals surface area contributed by atoms with Crippen LogP contribution >= 0.6 is 0 Å². The molecule has 120 valence electrons. The Labute approximate surface area is 134 Å². The van der Waals surface area contributed by atoms with Crippen molar-refractivity contribution in [3.63, 3.8) is 0 Å². The standard InChI is InChI=1S/C19H19F2NO/c1-13-7-8-17(16(21)11-13)22-18(23)19(9-2-3-10-19)14-5-4-6-15(20)12-14/h4-8,11-12H,2-3,9-10H2,1H3,(H,22,23). The lowest BCUT2D eigenvalue weighted by atomic mass is 9.78. The second-order valence-electron chi connectivity index (χ2n) is 6.24. The minimum atomic E-state index is -0.778. The van der Waals surface area contributed by atoms with Crippen LogP contribution in [0.1, 0.15) is 36.8 Å². The molecule has 2 nitrogen and oxygen atoms in total. The van der Waals surface area contributed by atoms with Crippen molar-refractivity contribution in [1.29, 1.82) is 0 Å². The van der Waals surface area contributed by atoms with Crippen molar-refractivity contribution in [2.24, 2.45) is 0 Å². The zero-order valence-corrected chi connectivity index (χ0v) is 13.0. The molecule has 1 amide bonds. The van der Waals surface area contributed by atoms with Gasteiger partial charge in [-0.25, -0.2) is 8.78 Å². The van der Waals surface area contributed by atoms with E-state index in [2.05, 4.69) is 5.32 Å². The molecule has 0 heterocycles. The zero-order chi connectivity index (χ0) is 16.4. The second kappa shape index (κ2) is 6.11. The molecule has 0 radical (unpaired) electrons. The Balaban J connectivity index is 1.93. The Kier molecular flexibility index (Phi) is 4.16. The van der Waals surface area contributed by atoms with Crippen molar-refractivity contribution in [3.05, 3.63) is 65.2 Å². The molecule has 1 aliphatic rings. The van der Waals surface area contributed by atoms with E-state index < -0.39 is 11.2 Å². The maximum Gasteiger partial charge on any atom is 0.235 e. The molecule has 23 heavy (non-hydrogen) atoms. The number of hydrogen-bond acceptors (Lipinski definition) is 1. The highest BCUT2D eigenvalue weighted by atomic mass is 19.1. The van der Waals surface area contributed by atoms with E-state index in [0.29, 0.717) is 18.4 Å². The van der Waals surface area contributed by atoms with E-state index in [9.17, 15) is 13.6 Å². The highest BCUT2D eigenvalue weighted by molar-refractivity contribution is 5.99. The lowest BCUT2D eigenvalue weighted by molar-refractivity contribution is -0.121. The summed E-state index contributed by atoms with van der Waals surface area (Å²) in [5, 5.41) is 2.70. The van der Waals surface area contributed by atoms with Crippen molar-refractivity contribution in [2.75, 3.05) is 5.32 Å². The summed E-state index contributed by atoms with van der Waals surface area (Å²) >= 11 is 0. The lowest BCUT2D eigenvalue weighted by Gasteiger charge is -2.28. The van der Waals surface area contributed by atoms with Crippen LogP contribution in [0, 0.1) is 18.6 Å². The monoisotopic (exact) mass is 315 g/mol. The molecule has 0 bridgehead atoms. The summed E-state index contributed by atoms with van der Waals surface area (Å²) < 4.78 is 27.6. The van der Waals surface area contributed by atoms with E-state index in [1.54, 1.807) is 31.2 Å². The molecule has 0 aromatic heterocycles. The third kappa shape index (κ3) is 2.98. The van der Waals surface area contributed by atoms with Gasteiger partial charge < -0.3 is 5.32 Å². The van der Waals surface area contributed by atoms with Crippen molar-refractivity contribution in [2.45, 2.75) is 38.0 Å². The Bertz CT molecular complexity index is 736. The van der Waals surface area contributed by atoms with Gasteiger partial charge in [0.15, 0.2) is 0 Å². The zero-order valence-electron chi connectivity index (χ0n) is 13.0. The molecular formula is C19H19F2NO. The first-order valence-electron chi connectivity index (χ1n) is 7.85. The normalized spacial score (nSPS) is 16.3. The molecule has 1 fully saturated rings. The Morgan fingerprint density at radius 1 is 1.09 bits per heavy atom. The molecular weight excluding hydrogens is 296 g/mol. The van der Waals surface area contributed by atoms with Crippen molar-refractivity contribution in [1.82, 2.24) is 0 Å². The minimum absolute atomic E-state index is 0.170. The Morgan fingerprint density at radius 2 is 1.83 bits per heavy atom. The number of carbonyl (C=O) groups excluding carboxylic acids is 1. The van der Waals surface area contributed by atoms with Crippen LogP contribution in [0.5, 0.6) is 0 Å². The first-order chi connectivity index (χ1) is 11.0. The minimum Gasteiger partial charge on any atom is -0.323 e. The first kappa shape index (κ1) is 15.7. The summed E-state index contributed by atoms with van der Waals surface area (Å²) in [6.07, 6.45) is 3.10. The fourth-order valence-corrected chi connectivity index (χ4v) is 3.37. The van der Waals surface area contributed by atoms with E-state index in [-0.39, 0.29) is 17.4 Å². The molecule has 0 atom stereocenters. The topological polar surface area (TPSA) is 29.1 Å². The second-order valence-corrected chi connectivity index (χ2v) is 6.24. The van der Waals surface area contributed by atoms with Crippen molar-refractivity contribution in [3.8, 4) is 0 Å². The predicted molar refractivity (Wildman–Crippen MR) is 86.3 cm³/mol. The van der Waals surface area contributed by atoms with Crippen molar-refractivity contribution < 1.29 is 13.6 Å². The van der Waals surface area contributed by atoms with Gasteiger partial charge in [0.1, 0.15) is 11.6 Å². The highest BCUT2D eigenvalue weighted by Crippen LogP contribution is 2.42. The fourth-order valence-electron chi connectivity index (χ4n) is 3.37. The summed E-state index contributed by atoms with van der Waals surface area (Å²) in [6, 6.07) is 10.9. The van der Waals surface area contributed by atoms with Crippen LogP contribution in [0.15, 0.2) is 42.5 Å². The maximum atomic E-state index is 14.0. The molecule has 0 saturated heterocycles. The quantitative estimate of drug-likeness (QED) is 0.872. The number of nitrogens with one attached hydrogen (secondary N) is 1. The summed E-state index contributed by atoms with van der Waals surface area (Å²) in [6.45, 7) is 1.79. The lowest BCUT2D eigenvalue weighted by Crippen LogP contribution is -2.38. The summed E-state index contributed by atoms with van der Waals surface area (Å²) in [7, 11) is 0. The number of halogens is 2. The number of rotatable bonds is 3. The highest BCUT2D eigenvalue weighted by Gasteiger charge is 2.43. The van der Waals surface area contributed by atoms with Gasteiger partial charge in [0, 0.05) is 0 Å². The van der Waals surface area contributed by atoms with Gasteiger partial charge in [-0.3, -0.25) is 4.79 Å². The average Bonchev–Trinajstić information content (AvgIpc) is 3.01. The molecule has 4 heteroatoms. The summed E-state index contributed by atoms with van der Waals surface area (Å²) in [4.78, 5) is 12.9. The molecule has 0 aliphatic heterocycles. The fraction of sp³-hybridized carbons (Fsp3) is 0.316. The molecule has 2 aromatic carbocycles. The van der Waals surface area contributed by atoms with E-state index in [1.807, 2.05) is 0 Å². The van der Waals surface area contributed by atoms with Gasteiger partial charge in [-0.2, -0.15) is 0 Å². The van der Waals surface area contributed by atoms with Gasteiger partial charge in [-0.15, -0.1) is 0 Å². The number of anilines is 1. The van der Waals surface area contributed by atoms with Crippen LogP contribution in [0.4, 0.5) is 14.5 Å². The van der Waals surface area contributed by atoms with Gasteiger partial charge in [-0.1, -0.05) is 31.0 Å². The predicted octanol–water partition coefficient (Wildman–Crippen LogP) is 4.72. The number of benzene rings is 2. The Hall–Kier alpha value is -2.23. The smallest absolute Gasteiger partial charge is 0.235 e. The van der Waals surface area contributed by atoms with Gasteiger partial charge in [0.05, 0.1) is 11.1 Å². The number of hydrogen-bond donors (Lipinski definition) is 1. The largest absolute Gasteiger partial charge is 0.323 e. The molecule has 1 saturated carbocycles. The van der Waals surface area contributed by atoms with Gasteiger partial charge in [0.2, 0.25) is 5.91 Å². The molecule has 2 aromatic rings. The van der Waals surface area contributed by atoms with E-state index in [1.165, 1.54) is 18.2 Å². The third-order valence-electron chi connectivity index (χ3n) is 4.64. The average molecular weight is 315 g/mol. The Morgan fingerprint density at radius 3 is 2.48 bits per heavy atom. The van der Waals surface area contributed by atoms with Crippen LogP contribution in [0.25, 0.3) is 0 Å². The van der Waals surface area contributed by atoms with Gasteiger partial charge in [0.25, 0.3) is 0 Å². The summed E-state index contributed by atoms with van der Waals surface area (Å²) in [5.41, 5.74) is 0.851. The van der Waals surface area contributed by atoms with Crippen LogP contribution in [-0.4, -0.2) is 5.91 Å². The molecule has 3 rings (SSSR count). The number of aryl methyl sites for hydroxylation is 1. The summed E-state index contributed by atoms with van der Waals surface area (Å²) in [5.74, 6) is -1.07. The maximum absolute atomic E-state index is 14.0. The van der Waals surface area contributed by atoms with Gasteiger partial charge >= 0.3 is 0 Å². The van der Waals surface area contributed by atoms with E-state index in [4.69, 9.17) is 0 Å². The van der Waals surface area contributed by atoms with Crippen LogP contribution in [-0.2, 0) is 10.2 Å².